The van der Waals surface area contributed by atoms with Crippen LogP contribution >= 0.6 is 0 Å². The smallest absolute Gasteiger partial charge is 0.166 e. The zero-order valence-electron chi connectivity index (χ0n) is 18.3. The van der Waals surface area contributed by atoms with Gasteiger partial charge in [-0.15, -0.1) is 0 Å². The van der Waals surface area contributed by atoms with Crippen LogP contribution in [0.25, 0.3) is 0 Å². The average Bonchev–Trinajstić information content (AvgIpc) is 3.00. The predicted octanol–water partition coefficient (Wildman–Crippen LogP) is 5.13. The fourth-order valence-corrected chi connectivity index (χ4v) is 3.80. The molecule has 0 saturated heterocycles. The Morgan fingerprint density at radius 3 is 1.65 bits per heavy atom. The average molecular weight is 425 g/mol. The molecule has 0 heterocycles. The van der Waals surface area contributed by atoms with E-state index in [2.05, 4.69) is 0 Å². The highest BCUT2D eigenvalue weighted by Crippen LogP contribution is 2.31. The summed E-state index contributed by atoms with van der Waals surface area (Å²) in [4.78, 5) is 9.59. The van der Waals surface area contributed by atoms with Crippen molar-refractivity contribution in [1.82, 2.24) is 0 Å². The molecule has 1 aliphatic rings. The molecule has 6 nitrogen and oxygen atoms in total. The second-order valence-electron chi connectivity index (χ2n) is 7.58. The summed E-state index contributed by atoms with van der Waals surface area (Å²) in [5, 5.41) is 20.9. The molecule has 166 valence electrons. The molecule has 6 heteroatoms. The van der Waals surface area contributed by atoms with E-state index < -0.39 is 0 Å². The number of aliphatic imine (C=N–C) groups is 2. The van der Waals surface area contributed by atoms with E-state index in [1.165, 1.54) is 0 Å². The summed E-state index contributed by atoms with van der Waals surface area (Å²) in [6, 6.07) is 10.9. The molecule has 2 unspecified atom stereocenters. The predicted molar refractivity (Wildman–Crippen MR) is 124 cm³/mol. The van der Waals surface area contributed by atoms with Crippen molar-refractivity contribution in [2.24, 2.45) is 9.98 Å². The zero-order valence-corrected chi connectivity index (χ0v) is 18.3. The molecule has 1 aliphatic carbocycles. The Morgan fingerprint density at radius 2 is 1.23 bits per heavy atom. The van der Waals surface area contributed by atoms with Crippen LogP contribution in [0.5, 0.6) is 23.0 Å². The fourth-order valence-electron chi connectivity index (χ4n) is 3.80. The van der Waals surface area contributed by atoms with Crippen molar-refractivity contribution in [3.05, 3.63) is 47.5 Å². The van der Waals surface area contributed by atoms with Gasteiger partial charge in [-0.3, -0.25) is 9.98 Å². The Hall–Kier alpha value is -3.02. The van der Waals surface area contributed by atoms with Gasteiger partial charge in [0, 0.05) is 23.6 Å². The van der Waals surface area contributed by atoms with Gasteiger partial charge in [-0.1, -0.05) is 31.4 Å². The normalized spacial score (nSPS) is 19.5. The lowest BCUT2D eigenvalue weighted by molar-refractivity contribution is 0.318. The van der Waals surface area contributed by atoms with Gasteiger partial charge >= 0.3 is 0 Å². The second-order valence-corrected chi connectivity index (χ2v) is 7.58. The third kappa shape index (κ3) is 6.00. The molecule has 2 atom stereocenters. The van der Waals surface area contributed by atoms with Crippen molar-refractivity contribution in [2.75, 3.05) is 13.2 Å². The van der Waals surface area contributed by atoms with Crippen molar-refractivity contribution >= 4 is 12.4 Å². The van der Waals surface area contributed by atoms with Crippen LogP contribution in [0.15, 0.2) is 46.4 Å². The number of hydrogen-bond acceptors (Lipinski definition) is 6. The van der Waals surface area contributed by atoms with Crippen LogP contribution in [0, 0.1) is 0 Å². The molecule has 0 aromatic heterocycles. The molecule has 2 aromatic rings. The first-order valence-electron chi connectivity index (χ1n) is 11.1. The number of phenols is 2. The summed E-state index contributed by atoms with van der Waals surface area (Å²) >= 11 is 0. The quantitative estimate of drug-likeness (QED) is 0.454. The largest absolute Gasteiger partial charge is 0.504 e. The van der Waals surface area contributed by atoms with E-state index in [0.29, 0.717) is 35.8 Å². The number of para-hydroxylation sites is 2. The maximum atomic E-state index is 10.4. The number of aromatic hydroxyl groups is 2. The van der Waals surface area contributed by atoms with Gasteiger partial charge in [0.1, 0.15) is 0 Å². The van der Waals surface area contributed by atoms with Crippen LogP contribution in [-0.4, -0.2) is 47.9 Å². The number of phenolic OH excluding ortho intramolecular Hbond substituents is 2. The molecule has 3 rings (SSSR count). The van der Waals surface area contributed by atoms with Crippen molar-refractivity contribution in [2.45, 2.75) is 58.0 Å². The molecule has 2 N–H and O–H groups in total. The van der Waals surface area contributed by atoms with Gasteiger partial charge in [0.15, 0.2) is 23.0 Å². The summed E-state index contributed by atoms with van der Waals surface area (Å²) in [5.41, 5.74) is 1.28. The minimum absolute atomic E-state index is 0.0196. The van der Waals surface area contributed by atoms with Crippen LogP contribution in [-0.2, 0) is 0 Å². The summed E-state index contributed by atoms with van der Waals surface area (Å²) < 4.78 is 10.9. The molecule has 2 aromatic carbocycles. The Kier molecular flexibility index (Phi) is 8.33. The fraction of sp³-hybridized carbons (Fsp3) is 0.440. The minimum Gasteiger partial charge on any atom is -0.504 e. The molecule has 31 heavy (non-hydrogen) atoms. The lowest BCUT2D eigenvalue weighted by atomic mass is 10.0. The Bertz CT molecular complexity index is 837. The third-order valence-electron chi connectivity index (χ3n) is 5.41. The maximum absolute atomic E-state index is 10.4. The molecule has 0 bridgehead atoms. The lowest BCUT2D eigenvalue weighted by Crippen LogP contribution is -2.21. The van der Waals surface area contributed by atoms with E-state index in [1.54, 1.807) is 24.6 Å². The Morgan fingerprint density at radius 1 is 0.774 bits per heavy atom. The van der Waals surface area contributed by atoms with E-state index >= 15 is 0 Å². The van der Waals surface area contributed by atoms with Gasteiger partial charge in [-0.05, 0) is 51.0 Å². The highest BCUT2D eigenvalue weighted by atomic mass is 16.5. The van der Waals surface area contributed by atoms with E-state index in [0.717, 1.165) is 32.1 Å². The highest BCUT2D eigenvalue weighted by Gasteiger charge is 2.22. The molecule has 0 amide bonds. The standard InChI is InChI=1S/C25H32N2O4/c1-3-30-22-14-8-10-18(24(22)28)16-26-20-12-6-5-7-13-21(20)27-17-19-11-9-15-23(25(19)29)31-4-2/h8-11,14-17,20-21,28-29H,3-7,12-13H2,1-2H3. The summed E-state index contributed by atoms with van der Waals surface area (Å²) in [7, 11) is 0. The van der Waals surface area contributed by atoms with E-state index in [9.17, 15) is 10.2 Å². The summed E-state index contributed by atoms with van der Waals surface area (Å²) in [6.07, 6.45) is 8.69. The molecular formula is C25H32N2O4. The van der Waals surface area contributed by atoms with Crippen molar-refractivity contribution in [3.63, 3.8) is 0 Å². The first kappa shape index (κ1) is 22.7. The number of rotatable bonds is 8. The molecule has 0 radical (unpaired) electrons. The maximum Gasteiger partial charge on any atom is 0.166 e. The molecule has 0 spiro atoms. The number of nitrogens with zero attached hydrogens (tertiary/aromatic N) is 2. The van der Waals surface area contributed by atoms with Crippen LogP contribution in [0.3, 0.4) is 0 Å². The van der Waals surface area contributed by atoms with Crippen molar-refractivity contribution in [3.8, 4) is 23.0 Å². The van der Waals surface area contributed by atoms with Gasteiger partial charge in [0.05, 0.1) is 25.3 Å². The van der Waals surface area contributed by atoms with Crippen molar-refractivity contribution in [1.29, 1.82) is 0 Å². The monoisotopic (exact) mass is 424 g/mol. The van der Waals surface area contributed by atoms with Crippen molar-refractivity contribution < 1.29 is 19.7 Å². The van der Waals surface area contributed by atoms with Crippen LogP contribution in [0.4, 0.5) is 0 Å². The molecule has 1 fully saturated rings. The Balaban J connectivity index is 1.80. The van der Waals surface area contributed by atoms with Gasteiger partial charge in [0.25, 0.3) is 0 Å². The van der Waals surface area contributed by atoms with Gasteiger partial charge in [0.2, 0.25) is 0 Å². The van der Waals surface area contributed by atoms with Crippen LogP contribution < -0.4 is 9.47 Å². The van der Waals surface area contributed by atoms with Crippen LogP contribution in [0.2, 0.25) is 0 Å². The molecule has 0 aliphatic heterocycles. The number of hydrogen-bond donors (Lipinski definition) is 2. The van der Waals surface area contributed by atoms with E-state index in [-0.39, 0.29) is 23.6 Å². The highest BCUT2D eigenvalue weighted by molar-refractivity contribution is 5.86. The number of ether oxygens (including phenoxy) is 2. The summed E-state index contributed by atoms with van der Waals surface area (Å²) in [5.74, 6) is 1.15. The Labute approximate surface area is 184 Å². The van der Waals surface area contributed by atoms with E-state index in [1.807, 2.05) is 38.1 Å². The minimum atomic E-state index is 0.0196. The van der Waals surface area contributed by atoms with E-state index in [4.69, 9.17) is 19.5 Å². The first-order valence-corrected chi connectivity index (χ1v) is 11.1. The zero-order chi connectivity index (χ0) is 22.1. The number of benzene rings is 2. The topological polar surface area (TPSA) is 83.6 Å². The van der Waals surface area contributed by atoms with Gasteiger partial charge < -0.3 is 19.7 Å². The SMILES string of the molecule is CCOc1cccc(C=NC2CCCCCC2N=Cc2cccc(OCC)c2O)c1O. The molecule has 1 saturated carbocycles. The summed E-state index contributed by atoms with van der Waals surface area (Å²) in [6.45, 7) is 4.75. The van der Waals surface area contributed by atoms with Gasteiger partial charge in [-0.25, -0.2) is 0 Å². The third-order valence-corrected chi connectivity index (χ3v) is 5.41. The lowest BCUT2D eigenvalue weighted by Gasteiger charge is -2.18. The van der Waals surface area contributed by atoms with Crippen LogP contribution in [0.1, 0.15) is 57.1 Å². The first-order chi connectivity index (χ1) is 15.1. The molecular weight excluding hydrogens is 392 g/mol. The second kappa shape index (κ2) is 11.4. The van der Waals surface area contributed by atoms with Gasteiger partial charge in [-0.2, -0.15) is 0 Å².